The van der Waals surface area contributed by atoms with E-state index >= 15 is 0 Å². The minimum atomic E-state index is -0.612. The van der Waals surface area contributed by atoms with Crippen molar-refractivity contribution >= 4 is 11.8 Å². The van der Waals surface area contributed by atoms with Crippen LogP contribution >= 0.6 is 0 Å². The molecule has 2 N–H and O–H groups in total. The van der Waals surface area contributed by atoms with Gasteiger partial charge in [-0.05, 0) is 29.5 Å². The Kier molecular flexibility index (Phi) is 6.54. The first-order chi connectivity index (χ1) is 14.3. The van der Waals surface area contributed by atoms with Gasteiger partial charge in [0.25, 0.3) is 0 Å². The molecule has 0 saturated heterocycles. The lowest BCUT2D eigenvalue weighted by Crippen LogP contribution is -2.35. The van der Waals surface area contributed by atoms with Crippen molar-refractivity contribution in [1.82, 2.24) is 0 Å². The summed E-state index contributed by atoms with van der Waals surface area (Å²) in [6.45, 7) is 6.85. The van der Waals surface area contributed by atoms with E-state index in [2.05, 4.69) is 6.92 Å². The van der Waals surface area contributed by atoms with Crippen molar-refractivity contribution in [2.45, 2.75) is 58.8 Å². The fourth-order valence-electron chi connectivity index (χ4n) is 4.13. The summed E-state index contributed by atoms with van der Waals surface area (Å²) in [6.07, 6.45) is 4.24. The molecule has 0 aromatic heterocycles. The molecular weight excluding hydrogens is 382 g/mol. The first kappa shape index (κ1) is 21.9. The molecule has 0 fully saturated rings. The van der Waals surface area contributed by atoms with Gasteiger partial charge in [0.05, 0.1) is 19.6 Å². The highest BCUT2D eigenvalue weighted by Crippen LogP contribution is 2.48. The zero-order valence-electron chi connectivity index (χ0n) is 18.2. The number of allylic oxidation sites excluding steroid dienone is 2. The number of hydrogen-bond acceptors (Lipinski definition) is 6. The first-order valence-corrected chi connectivity index (χ1v) is 10.5. The van der Waals surface area contributed by atoms with Gasteiger partial charge in [0.15, 0.2) is 5.78 Å². The maximum Gasteiger partial charge on any atom is 0.340 e. The topological polar surface area (TPSA) is 87.8 Å². The van der Waals surface area contributed by atoms with E-state index in [-0.39, 0.29) is 22.7 Å². The third-order valence-corrected chi connectivity index (χ3v) is 5.59. The molecule has 0 saturated carbocycles. The number of esters is 1. The van der Waals surface area contributed by atoms with Gasteiger partial charge in [-0.3, -0.25) is 4.79 Å². The number of ether oxygens (including phenoxy) is 3. The van der Waals surface area contributed by atoms with E-state index in [0.717, 1.165) is 30.6 Å². The van der Waals surface area contributed by atoms with Crippen LogP contribution in [-0.2, 0) is 19.1 Å². The number of carbonyl (C=O) groups excluding carboxylic acids is 2. The summed E-state index contributed by atoms with van der Waals surface area (Å²) in [7, 11) is 1.29. The van der Waals surface area contributed by atoms with E-state index in [0.29, 0.717) is 30.8 Å². The van der Waals surface area contributed by atoms with E-state index < -0.39 is 11.9 Å². The van der Waals surface area contributed by atoms with Gasteiger partial charge in [-0.25, -0.2) is 4.79 Å². The minimum absolute atomic E-state index is 0.00371. The van der Waals surface area contributed by atoms with Crippen molar-refractivity contribution in [2.24, 2.45) is 11.1 Å². The Bertz CT molecular complexity index is 879. The van der Waals surface area contributed by atoms with Crippen molar-refractivity contribution in [1.29, 1.82) is 0 Å². The number of benzene rings is 1. The zero-order valence-corrected chi connectivity index (χ0v) is 18.2. The van der Waals surface area contributed by atoms with Gasteiger partial charge in [-0.1, -0.05) is 45.7 Å². The van der Waals surface area contributed by atoms with Crippen molar-refractivity contribution in [2.75, 3.05) is 13.7 Å². The van der Waals surface area contributed by atoms with E-state index in [4.69, 9.17) is 19.9 Å². The Morgan fingerprint density at radius 2 is 1.90 bits per heavy atom. The Hall–Kier alpha value is -2.76. The second-order valence-electron chi connectivity index (χ2n) is 8.71. The van der Waals surface area contributed by atoms with Crippen LogP contribution in [0.25, 0.3) is 0 Å². The van der Waals surface area contributed by atoms with Crippen LogP contribution in [0.3, 0.4) is 0 Å². The van der Waals surface area contributed by atoms with Crippen LogP contribution in [0.15, 0.2) is 47.1 Å². The molecule has 0 bridgehead atoms. The summed E-state index contributed by atoms with van der Waals surface area (Å²) >= 11 is 0. The van der Waals surface area contributed by atoms with Crippen molar-refractivity contribution in [3.05, 3.63) is 52.6 Å². The monoisotopic (exact) mass is 413 g/mol. The quantitative estimate of drug-likeness (QED) is 0.528. The van der Waals surface area contributed by atoms with Crippen LogP contribution in [0.4, 0.5) is 0 Å². The second kappa shape index (κ2) is 8.94. The van der Waals surface area contributed by atoms with Crippen LogP contribution in [-0.4, -0.2) is 25.5 Å². The van der Waals surface area contributed by atoms with Crippen molar-refractivity contribution in [3.63, 3.8) is 0 Å². The molecule has 0 spiro atoms. The molecule has 0 radical (unpaired) electrons. The fraction of sp³-hybridized carbons (Fsp3) is 0.500. The zero-order chi connectivity index (χ0) is 21.9. The molecule has 1 aromatic rings. The molecule has 3 rings (SSSR count). The van der Waals surface area contributed by atoms with E-state index in [1.807, 2.05) is 38.1 Å². The molecule has 2 aliphatic rings. The number of nitrogens with two attached hydrogens (primary N) is 1. The first-order valence-electron chi connectivity index (χ1n) is 10.5. The number of rotatable bonds is 7. The Morgan fingerprint density at radius 3 is 2.53 bits per heavy atom. The van der Waals surface area contributed by atoms with Crippen molar-refractivity contribution < 1.29 is 23.8 Å². The highest BCUT2D eigenvalue weighted by molar-refractivity contribution is 6.03. The maximum absolute atomic E-state index is 13.1. The van der Waals surface area contributed by atoms with Crippen LogP contribution < -0.4 is 10.5 Å². The summed E-state index contributed by atoms with van der Waals surface area (Å²) in [5.74, 6) is 0.0617. The standard InChI is InChI=1S/C24H31NO5/c1-5-6-7-12-29-16-10-8-15(9-11-16)19-20-17(26)13-24(2,3)14-18(20)30-22(25)21(19)23(27)28-4/h8-11,19H,5-7,12-14,25H2,1-4H3/t19-/m1/s1. The molecule has 6 nitrogen and oxygen atoms in total. The molecule has 6 heteroatoms. The predicted molar refractivity (Wildman–Crippen MR) is 114 cm³/mol. The molecule has 1 aliphatic carbocycles. The summed E-state index contributed by atoms with van der Waals surface area (Å²) < 4.78 is 16.5. The van der Waals surface area contributed by atoms with Gasteiger partial charge in [0.1, 0.15) is 17.1 Å². The third kappa shape index (κ3) is 4.53. The second-order valence-corrected chi connectivity index (χ2v) is 8.71. The maximum atomic E-state index is 13.1. The SMILES string of the molecule is CCCCCOc1ccc([C@H]2C(C(=O)OC)=C(N)OC3=C2C(=O)CC(C)(C)C3)cc1. The largest absolute Gasteiger partial charge is 0.494 e. The smallest absolute Gasteiger partial charge is 0.340 e. The summed E-state index contributed by atoms with van der Waals surface area (Å²) in [6, 6.07) is 7.47. The molecule has 1 aromatic carbocycles. The molecule has 1 atom stereocenters. The van der Waals surface area contributed by atoms with Gasteiger partial charge in [-0.15, -0.1) is 0 Å². The lowest BCUT2D eigenvalue weighted by Gasteiger charge is -2.37. The number of methoxy groups -OCH3 is 1. The van der Waals surface area contributed by atoms with E-state index in [1.54, 1.807) is 0 Å². The molecule has 1 heterocycles. The highest BCUT2D eigenvalue weighted by atomic mass is 16.5. The summed E-state index contributed by atoms with van der Waals surface area (Å²) in [4.78, 5) is 25.6. The molecular formula is C24H31NO5. The van der Waals surface area contributed by atoms with Crippen LogP contribution in [0.1, 0.15) is 64.4 Å². The predicted octanol–water partition coefficient (Wildman–Crippen LogP) is 4.36. The number of unbranched alkanes of at least 4 members (excludes halogenated alkanes) is 2. The number of hydrogen-bond donors (Lipinski definition) is 1. The van der Waals surface area contributed by atoms with Crippen LogP contribution in [0.2, 0.25) is 0 Å². The normalized spacial score (nSPS) is 20.5. The van der Waals surface area contributed by atoms with Gasteiger partial charge in [0, 0.05) is 18.4 Å². The molecule has 162 valence electrons. The lowest BCUT2D eigenvalue weighted by atomic mass is 9.70. The Balaban J connectivity index is 1.97. The molecule has 0 unspecified atom stereocenters. The lowest BCUT2D eigenvalue weighted by molar-refractivity contribution is -0.136. The molecule has 30 heavy (non-hydrogen) atoms. The van der Waals surface area contributed by atoms with Gasteiger partial charge >= 0.3 is 5.97 Å². The molecule has 0 amide bonds. The Morgan fingerprint density at radius 1 is 1.20 bits per heavy atom. The van der Waals surface area contributed by atoms with Crippen LogP contribution in [0, 0.1) is 5.41 Å². The van der Waals surface area contributed by atoms with Gasteiger partial charge < -0.3 is 19.9 Å². The highest BCUT2D eigenvalue weighted by Gasteiger charge is 2.44. The van der Waals surface area contributed by atoms with E-state index in [1.165, 1.54) is 7.11 Å². The Labute approximate surface area is 178 Å². The van der Waals surface area contributed by atoms with Gasteiger partial charge in [0.2, 0.25) is 5.88 Å². The van der Waals surface area contributed by atoms with E-state index in [9.17, 15) is 9.59 Å². The number of Topliss-reactive ketones (excluding diaryl/α,β-unsaturated/α-hetero) is 1. The molecule has 1 aliphatic heterocycles. The summed E-state index contributed by atoms with van der Waals surface area (Å²) in [5.41, 5.74) is 7.36. The van der Waals surface area contributed by atoms with Crippen LogP contribution in [0.5, 0.6) is 5.75 Å². The number of carbonyl (C=O) groups is 2. The third-order valence-electron chi connectivity index (χ3n) is 5.59. The fourth-order valence-corrected chi connectivity index (χ4v) is 4.13. The minimum Gasteiger partial charge on any atom is -0.494 e. The van der Waals surface area contributed by atoms with Crippen molar-refractivity contribution in [3.8, 4) is 5.75 Å². The number of ketones is 1. The summed E-state index contributed by atoms with van der Waals surface area (Å²) in [5, 5.41) is 0. The average Bonchev–Trinajstić information content (AvgIpc) is 2.69. The van der Waals surface area contributed by atoms with Gasteiger partial charge in [-0.2, -0.15) is 0 Å². The average molecular weight is 414 g/mol.